The number of ether oxygens (including phenoxy) is 1. The van der Waals surface area contributed by atoms with E-state index in [1.807, 2.05) is 0 Å². The van der Waals surface area contributed by atoms with E-state index in [-0.39, 0.29) is 18.5 Å². The molecule has 1 unspecified atom stereocenters. The van der Waals surface area contributed by atoms with Crippen molar-refractivity contribution in [3.8, 4) is 0 Å². The number of hydrogen-bond donors (Lipinski definition) is 0. The van der Waals surface area contributed by atoms with Crippen molar-refractivity contribution in [2.45, 2.75) is 18.9 Å². The van der Waals surface area contributed by atoms with Crippen LogP contribution in [0.4, 0.5) is 0 Å². The van der Waals surface area contributed by atoms with E-state index in [0.29, 0.717) is 5.92 Å². The highest BCUT2D eigenvalue weighted by molar-refractivity contribution is 5.85. The second-order valence-corrected chi connectivity index (χ2v) is 6.31. The first kappa shape index (κ1) is 18.0. The lowest BCUT2D eigenvalue weighted by atomic mass is 9.98. The summed E-state index contributed by atoms with van der Waals surface area (Å²) >= 11 is 0. The highest BCUT2D eigenvalue weighted by Gasteiger charge is 2.20. The Labute approximate surface area is 145 Å². The molecule has 0 spiro atoms. The number of piperidine rings is 1. The lowest BCUT2D eigenvalue weighted by Crippen LogP contribution is -2.34. The van der Waals surface area contributed by atoms with Crippen molar-refractivity contribution in [2.75, 3.05) is 26.7 Å². The molecule has 0 aliphatic carbocycles. The minimum absolute atomic E-state index is 0. The van der Waals surface area contributed by atoms with Gasteiger partial charge in [0.15, 0.2) is 0 Å². The molecule has 2 nitrogen and oxygen atoms in total. The molecule has 0 N–H and O–H groups in total. The number of halogens is 1. The van der Waals surface area contributed by atoms with Gasteiger partial charge < -0.3 is 9.64 Å². The average Bonchev–Trinajstić information content (AvgIpc) is 2.57. The molecular weight excluding hydrogens is 306 g/mol. The van der Waals surface area contributed by atoms with Crippen molar-refractivity contribution in [1.29, 1.82) is 0 Å². The SMILES string of the molecule is CN1CCCC(COC(c2ccccc2)c2ccccc2)C1.Cl. The number of likely N-dealkylation sites (tertiary alicyclic amines) is 1. The smallest absolute Gasteiger partial charge is 0.108 e. The Morgan fingerprint density at radius 3 is 2.09 bits per heavy atom. The molecule has 1 fully saturated rings. The van der Waals surface area contributed by atoms with Crippen LogP contribution in [-0.4, -0.2) is 31.6 Å². The van der Waals surface area contributed by atoms with Crippen molar-refractivity contribution in [2.24, 2.45) is 5.92 Å². The van der Waals surface area contributed by atoms with Crippen LogP contribution in [0, 0.1) is 5.92 Å². The minimum atomic E-state index is 0. The minimum Gasteiger partial charge on any atom is -0.368 e. The van der Waals surface area contributed by atoms with Crippen LogP contribution in [0.3, 0.4) is 0 Å². The maximum atomic E-state index is 6.38. The van der Waals surface area contributed by atoms with Crippen LogP contribution in [0.5, 0.6) is 0 Å². The van der Waals surface area contributed by atoms with Gasteiger partial charge in [-0.2, -0.15) is 0 Å². The van der Waals surface area contributed by atoms with Gasteiger partial charge in [0.2, 0.25) is 0 Å². The first-order chi connectivity index (χ1) is 10.8. The second kappa shape index (κ2) is 9.07. The van der Waals surface area contributed by atoms with Gasteiger partial charge in [0.1, 0.15) is 6.10 Å². The van der Waals surface area contributed by atoms with Crippen molar-refractivity contribution < 1.29 is 4.74 Å². The predicted octanol–water partition coefficient (Wildman–Crippen LogP) is 4.56. The van der Waals surface area contributed by atoms with E-state index >= 15 is 0 Å². The Bertz CT molecular complexity index is 521. The van der Waals surface area contributed by atoms with E-state index in [2.05, 4.69) is 72.6 Å². The van der Waals surface area contributed by atoms with Crippen LogP contribution < -0.4 is 0 Å². The van der Waals surface area contributed by atoms with Gasteiger partial charge in [0.25, 0.3) is 0 Å². The van der Waals surface area contributed by atoms with Crippen molar-refractivity contribution >= 4 is 12.4 Å². The summed E-state index contributed by atoms with van der Waals surface area (Å²) in [5.41, 5.74) is 2.47. The van der Waals surface area contributed by atoms with Gasteiger partial charge in [-0.1, -0.05) is 60.7 Å². The zero-order valence-electron chi connectivity index (χ0n) is 13.7. The fourth-order valence-electron chi connectivity index (χ4n) is 3.28. The lowest BCUT2D eigenvalue weighted by Gasteiger charge is -2.31. The lowest BCUT2D eigenvalue weighted by molar-refractivity contribution is 0.0307. The quantitative estimate of drug-likeness (QED) is 0.796. The Hall–Kier alpha value is -1.35. The molecule has 3 rings (SSSR count). The highest BCUT2D eigenvalue weighted by Crippen LogP contribution is 2.27. The zero-order valence-corrected chi connectivity index (χ0v) is 14.5. The van der Waals surface area contributed by atoms with Gasteiger partial charge in [-0.15, -0.1) is 12.4 Å². The molecular formula is C20H26ClNO. The Kier molecular flexibility index (Phi) is 7.10. The molecule has 1 heterocycles. The molecule has 23 heavy (non-hydrogen) atoms. The first-order valence-electron chi connectivity index (χ1n) is 8.23. The summed E-state index contributed by atoms with van der Waals surface area (Å²) in [6.07, 6.45) is 2.60. The molecule has 2 aromatic carbocycles. The number of nitrogens with zero attached hydrogens (tertiary/aromatic N) is 1. The van der Waals surface area contributed by atoms with Gasteiger partial charge in [-0.05, 0) is 43.5 Å². The molecule has 1 saturated heterocycles. The van der Waals surface area contributed by atoms with Crippen LogP contribution in [0.25, 0.3) is 0 Å². The normalized spacial score (nSPS) is 18.6. The third-order valence-corrected chi connectivity index (χ3v) is 4.43. The van der Waals surface area contributed by atoms with Gasteiger partial charge in [-0.3, -0.25) is 0 Å². The third kappa shape index (κ3) is 5.07. The largest absolute Gasteiger partial charge is 0.368 e. The summed E-state index contributed by atoms with van der Waals surface area (Å²) in [4.78, 5) is 2.41. The third-order valence-electron chi connectivity index (χ3n) is 4.43. The maximum Gasteiger partial charge on any atom is 0.108 e. The van der Waals surface area contributed by atoms with Gasteiger partial charge in [0, 0.05) is 6.54 Å². The van der Waals surface area contributed by atoms with E-state index in [1.165, 1.54) is 30.5 Å². The summed E-state index contributed by atoms with van der Waals surface area (Å²) in [5.74, 6) is 0.647. The molecule has 0 saturated carbocycles. The summed E-state index contributed by atoms with van der Waals surface area (Å²) in [7, 11) is 2.21. The molecule has 2 aromatic rings. The van der Waals surface area contributed by atoms with Crippen LogP contribution >= 0.6 is 12.4 Å². The average molecular weight is 332 g/mol. The molecule has 1 atom stereocenters. The van der Waals surface area contributed by atoms with Gasteiger partial charge in [-0.25, -0.2) is 0 Å². The zero-order chi connectivity index (χ0) is 15.2. The molecule has 0 aromatic heterocycles. The van der Waals surface area contributed by atoms with E-state index in [1.54, 1.807) is 0 Å². The van der Waals surface area contributed by atoms with Crippen molar-refractivity contribution in [3.63, 3.8) is 0 Å². The summed E-state index contributed by atoms with van der Waals surface area (Å²) in [6, 6.07) is 21.1. The van der Waals surface area contributed by atoms with Crippen LogP contribution in [0.2, 0.25) is 0 Å². The second-order valence-electron chi connectivity index (χ2n) is 6.31. The molecule has 0 bridgehead atoms. The molecule has 3 heteroatoms. The highest BCUT2D eigenvalue weighted by atomic mass is 35.5. The molecule has 1 aliphatic heterocycles. The van der Waals surface area contributed by atoms with Crippen LogP contribution in [0.1, 0.15) is 30.1 Å². The summed E-state index contributed by atoms with van der Waals surface area (Å²) in [5, 5.41) is 0. The number of rotatable bonds is 5. The monoisotopic (exact) mass is 331 g/mol. The van der Waals surface area contributed by atoms with E-state index in [9.17, 15) is 0 Å². The number of hydrogen-bond acceptors (Lipinski definition) is 2. The molecule has 0 amide bonds. The topological polar surface area (TPSA) is 12.5 Å². The summed E-state index contributed by atoms with van der Waals surface area (Å²) in [6.45, 7) is 3.20. The van der Waals surface area contributed by atoms with E-state index in [4.69, 9.17) is 4.74 Å². The van der Waals surface area contributed by atoms with E-state index < -0.39 is 0 Å². The summed E-state index contributed by atoms with van der Waals surface area (Å²) < 4.78 is 6.38. The van der Waals surface area contributed by atoms with Gasteiger partial charge >= 0.3 is 0 Å². The van der Waals surface area contributed by atoms with Gasteiger partial charge in [0.05, 0.1) is 6.61 Å². The Balaban J connectivity index is 0.00000192. The molecule has 124 valence electrons. The first-order valence-corrected chi connectivity index (χ1v) is 8.23. The maximum absolute atomic E-state index is 6.38. The fourth-order valence-corrected chi connectivity index (χ4v) is 3.28. The van der Waals surface area contributed by atoms with Crippen molar-refractivity contribution in [3.05, 3.63) is 71.8 Å². The fraction of sp³-hybridized carbons (Fsp3) is 0.400. The Morgan fingerprint density at radius 2 is 1.57 bits per heavy atom. The number of benzene rings is 2. The molecule has 1 aliphatic rings. The standard InChI is InChI=1S/C20H25NO.ClH/c1-21-14-8-9-17(15-21)16-22-20(18-10-4-2-5-11-18)19-12-6-3-7-13-19;/h2-7,10-13,17,20H,8-9,14-16H2,1H3;1H. The predicted molar refractivity (Wildman–Crippen MR) is 98.1 cm³/mol. The van der Waals surface area contributed by atoms with Crippen molar-refractivity contribution in [1.82, 2.24) is 4.90 Å². The van der Waals surface area contributed by atoms with E-state index in [0.717, 1.165) is 13.2 Å². The van der Waals surface area contributed by atoms with Crippen LogP contribution in [0.15, 0.2) is 60.7 Å². The molecule has 0 radical (unpaired) electrons. The van der Waals surface area contributed by atoms with Crippen LogP contribution in [-0.2, 0) is 4.74 Å². The Morgan fingerprint density at radius 1 is 1.00 bits per heavy atom.